The lowest BCUT2D eigenvalue weighted by atomic mass is 9.94. The molecule has 0 unspecified atom stereocenters. The number of nitrogens with one attached hydrogen (secondary N) is 2. The number of hydrogen-bond acceptors (Lipinski definition) is 2. The van der Waals surface area contributed by atoms with E-state index < -0.39 is 11.6 Å². The molecule has 0 radical (unpaired) electrons. The van der Waals surface area contributed by atoms with Gasteiger partial charge in [0.05, 0.1) is 5.69 Å². The largest absolute Gasteiger partial charge is 0.356 e. The fourth-order valence-corrected chi connectivity index (χ4v) is 2.66. The summed E-state index contributed by atoms with van der Waals surface area (Å²) in [4.78, 5) is 24.6. The van der Waals surface area contributed by atoms with E-state index in [4.69, 9.17) is 0 Å². The summed E-state index contributed by atoms with van der Waals surface area (Å²) in [5, 5.41) is 5.23. The molecule has 1 fully saturated rings. The fraction of sp³-hybridized carbons (Fsp3) is 0.500. The Balaban J connectivity index is 1.78. The minimum atomic E-state index is -0.788. The molecule has 1 aromatic carbocycles. The maximum atomic E-state index is 13.5. The van der Waals surface area contributed by atoms with Gasteiger partial charge in [-0.15, -0.1) is 0 Å². The van der Waals surface area contributed by atoms with Crippen LogP contribution in [0.3, 0.4) is 0 Å². The van der Waals surface area contributed by atoms with Gasteiger partial charge in [0.1, 0.15) is 11.6 Å². The highest BCUT2D eigenvalue weighted by molar-refractivity contribution is 5.89. The van der Waals surface area contributed by atoms with E-state index >= 15 is 0 Å². The van der Waals surface area contributed by atoms with Crippen LogP contribution in [-0.4, -0.2) is 36.5 Å². The number of likely N-dealkylation sites (tertiary alicyclic amines) is 1. The maximum absolute atomic E-state index is 13.5. The van der Waals surface area contributed by atoms with Crippen molar-refractivity contribution in [3.8, 4) is 0 Å². The second kappa shape index (κ2) is 7.89. The third-order valence-electron chi connectivity index (χ3n) is 4.00. The second-order valence-corrected chi connectivity index (χ2v) is 5.76. The zero-order valence-electron chi connectivity index (χ0n) is 13.1. The van der Waals surface area contributed by atoms with E-state index in [1.807, 2.05) is 0 Å². The summed E-state index contributed by atoms with van der Waals surface area (Å²) in [5.41, 5.74) is -0.0239. The summed E-state index contributed by atoms with van der Waals surface area (Å²) in [7, 11) is 0. The molecule has 0 saturated carbocycles. The monoisotopic (exact) mass is 325 g/mol. The quantitative estimate of drug-likeness (QED) is 0.894. The molecule has 1 heterocycles. The van der Waals surface area contributed by atoms with Crippen LogP contribution in [0.4, 0.5) is 19.3 Å². The molecule has 0 aliphatic carbocycles. The number of hydrogen-bond donors (Lipinski definition) is 2. The van der Waals surface area contributed by atoms with Crippen molar-refractivity contribution in [1.82, 2.24) is 10.2 Å². The Bertz CT molecular complexity index is 572. The van der Waals surface area contributed by atoms with E-state index in [0.29, 0.717) is 25.6 Å². The van der Waals surface area contributed by atoms with Crippen LogP contribution in [0, 0.1) is 17.6 Å². The number of piperidine rings is 1. The number of carbonyl (C=O) groups excluding carboxylic acids is 2. The zero-order chi connectivity index (χ0) is 16.8. The molecule has 0 bridgehead atoms. The number of nitrogens with zero attached hydrogens (tertiary/aromatic N) is 1. The van der Waals surface area contributed by atoms with Gasteiger partial charge in [-0.05, 0) is 37.3 Å². The third kappa shape index (κ3) is 5.19. The molecule has 126 valence electrons. The number of rotatable bonds is 4. The fourth-order valence-electron chi connectivity index (χ4n) is 2.66. The van der Waals surface area contributed by atoms with Gasteiger partial charge in [-0.3, -0.25) is 4.79 Å². The molecule has 2 rings (SSSR count). The van der Waals surface area contributed by atoms with Gasteiger partial charge >= 0.3 is 6.03 Å². The number of benzene rings is 1. The Kier molecular flexibility index (Phi) is 5.90. The zero-order valence-corrected chi connectivity index (χ0v) is 13.1. The van der Waals surface area contributed by atoms with Crippen LogP contribution < -0.4 is 10.6 Å². The number of amides is 3. The highest BCUT2D eigenvalue weighted by Gasteiger charge is 2.23. The lowest BCUT2D eigenvalue weighted by molar-refractivity contribution is -0.119. The van der Waals surface area contributed by atoms with E-state index in [1.54, 1.807) is 4.90 Å². The summed E-state index contributed by atoms with van der Waals surface area (Å²) >= 11 is 0. The average molecular weight is 325 g/mol. The number of carbonyl (C=O) groups is 2. The number of anilines is 1. The van der Waals surface area contributed by atoms with Gasteiger partial charge in [-0.2, -0.15) is 0 Å². The first kappa shape index (κ1) is 17.2. The van der Waals surface area contributed by atoms with Gasteiger partial charge in [0.15, 0.2) is 0 Å². The summed E-state index contributed by atoms with van der Waals surface area (Å²) in [6, 6.07) is 2.68. The van der Waals surface area contributed by atoms with E-state index in [9.17, 15) is 18.4 Å². The topological polar surface area (TPSA) is 61.4 Å². The Labute approximate surface area is 134 Å². The van der Waals surface area contributed by atoms with Crippen molar-refractivity contribution < 1.29 is 18.4 Å². The Hall–Kier alpha value is -2.18. The predicted octanol–water partition coefficient (Wildman–Crippen LogP) is 2.73. The smallest absolute Gasteiger partial charge is 0.321 e. The van der Waals surface area contributed by atoms with E-state index in [0.717, 1.165) is 31.4 Å². The van der Waals surface area contributed by atoms with Crippen molar-refractivity contribution in [3.63, 3.8) is 0 Å². The van der Waals surface area contributed by atoms with Crippen LogP contribution in [0.15, 0.2) is 18.2 Å². The van der Waals surface area contributed by atoms with Gasteiger partial charge < -0.3 is 15.5 Å². The van der Waals surface area contributed by atoms with E-state index in [1.165, 1.54) is 13.0 Å². The van der Waals surface area contributed by atoms with Crippen molar-refractivity contribution in [2.24, 2.45) is 5.92 Å². The van der Waals surface area contributed by atoms with Gasteiger partial charge in [0.2, 0.25) is 5.91 Å². The number of halogens is 2. The molecule has 2 N–H and O–H groups in total. The van der Waals surface area contributed by atoms with Crippen LogP contribution in [0.25, 0.3) is 0 Å². The molecule has 1 aromatic rings. The van der Waals surface area contributed by atoms with Crippen LogP contribution >= 0.6 is 0 Å². The minimum Gasteiger partial charge on any atom is -0.356 e. The van der Waals surface area contributed by atoms with Crippen LogP contribution in [-0.2, 0) is 4.79 Å². The first-order valence-corrected chi connectivity index (χ1v) is 7.71. The molecule has 0 aromatic heterocycles. The van der Waals surface area contributed by atoms with Crippen molar-refractivity contribution in [1.29, 1.82) is 0 Å². The summed E-state index contributed by atoms with van der Waals surface area (Å²) in [5.74, 6) is -1.04. The lowest BCUT2D eigenvalue weighted by Crippen LogP contribution is -2.41. The lowest BCUT2D eigenvalue weighted by Gasteiger charge is -2.32. The van der Waals surface area contributed by atoms with Crippen LogP contribution in [0.2, 0.25) is 0 Å². The predicted molar refractivity (Wildman–Crippen MR) is 83.0 cm³/mol. The van der Waals surface area contributed by atoms with Crippen molar-refractivity contribution in [3.05, 3.63) is 29.8 Å². The van der Waals surface area contributed by atoms with Gasteiger partial charge in [-0.25, -0.2) is 13.6 Å². The molecule has 3 amide bonds. The van der Waals surface area contributed by atoms with Gasteiger partial charge in [-0.1, -0.05) is 0 Å². The molecule has 23 heavy (non-hydrogen) atoms. The highest BCUT2D eigenvalue weighted by Crippen LogP contribution is 2.21. The Morgan fingerprint density at radius 3 is 2.57 bits per heavy atom. The van der Waals surface area contributed by atoms with Crippen molar-refractivity contribution in [2.75, 3.05) is 25.0 Å². The van der Waals surface area contributed by atoms with E-state index in [2.05, 4.69) is 10.6 Å². The molecule has 0 spiro atoms. The molecule has 5 nitrogen and oxygen atoms in total. The molecule has 1 aliphatic heterocycles. The summed E-state index contributed by atoms with van der Waals surface area (Å²) in [6.45, 7) is 3.30. The SMILES string of the molecule is CC(=O)NCCC1CCN(C(=O)Nc2ccc(F)cc2F)CC1. The summed E-state index contributed by atoms with van der Waals surface area (Å²) < 4.78 is 26.4. The Morgan fingerprint density at radius 1 is 1.26 bits per heavy atom. The average Bonchev–Trinajstić information content (AvgIpc) is 2.50. The standard InChI is InChI=1S/C16H21F2N3O2/c1-11(22)19-7-4-12-5-8-21(9-6-12)16(23)20-15-3-2-13(17)10-14(15)18/h2-3,10,12H,4-9H2,1H3,(H,19,22)(H,20,23). The molecule has 0 atom stereocenters. The first-order chi connectivity index (χ1) is 11.0. The van der Waals surface area contributed by atoms with Gasteiger partial charge in [0.25, 0.3) is 0 Å². The normalized spacial score (nSPS) is 15.3. The highest BCUT2D eigenvalue weighted by atomic mass is 19.1. The van der Waals surface area contributed by atoms with Crippen molar-refractivity contribution in [2.45, 2.75) is 26.2 Å². The van der Waals surface area contributed by atoms with Gasteiger partial charge in [0, 0.05) is 32.6 Å². The summed E-state index contributed by atoms with van der Waals surface area (Å²) in [6.07, 6.45) is 2.58. The van der Waals surface area contributed by atoms with Crippen molar-refractivity contribution >= 4 is 17.6 Å². The number of urea groups is 1. The minimum absolute atomic E-state index is 0.0239. The molecular weight excluding hydrogens is 304 g/mol. The van der Waals surface area contributed by atoms with E-state index in [-0.39, 0.29) is 17.6 Å². The van der Waals surface area contributed by atoms with Crippen LogP contribution in [0.1, 0.15) is 26.2 Å². The maximum Gasteiger partial charge on any atom is 0.321 e. The molecule has 7 heteroatoms. The molecule has 1 saturated heterocycles. The molecule has 1 aliphatic rings. The second-order valence-electron chi connectivity index (χ2n) is 5.76. The first-order valence-electron chi connectivity index (χ1n) is 7.71. The van der Waals surface area contributed by atoms with Crippen LogP contribution in [0.5, 0.6) is 0 Å². The Morgan fingerprint density at radius 2 is 1.96 bits per heavy atom. The molecular formula is C16H21F2N3O2. The third-order valence-corrected chi connectivity index (χ3v) is 4.00.